The van der Waals surface area contributed by atoms with Gasteiger partial charge in [0.1, 0.15) is 5.69 Å². The number of allylic oxidation sites excluding steroid dienone is 1. The van der Waals surface area contributed by atoms with E-state index in [0.29, 0.717) is 29.4 Å². The first-order valence-corrected chi connectivity index (χ1v) is 11.0. The minimum absolute atomic E-state index is 0.114. The van der Waals surface area contributed by atoms with Gasteiger partial charge in [0, 0.05) is 38.1 Å². The summed E-state index contributed by atoms with van der Waals surface area (Å²) in [6, 6.07) is 1.64. The number of sulfonamides is 1. The number of nitrogens with zero attached hydrogens (tertiary/aromatic N) is 2. The fraction of sp³-hybridized carbons (Fsp3) is 0.400. The fourth-order valence-electron chi connectivity index (χ4n) is 3.65. The molecule has 0 aromatic heterocycles. The molecular weight excluding hydrogens is 422 g/mol. The molecule has 166 valence electrons. The summed E-state index contributed by atoms with van der Waals surface area (Å²) in [5.74, 6) is 1.49. The number of rotatable bonds is 7. The molecule has 3 N–H and O–H groups in total. The summed E-state index contributed by atoms with van der Waals surface area (Å²) >= 11 is 0. The second kappa shape index (κ2) is 8.39. The van der Waals surface area contributed by atoms with E-state index in [0.717, 1.165) is 11.0 Å². The van der Waals surface area contributed by atoms with E-state index in [9.17, 15) is 18.0 Å². The average molecular weight is 448 g/mol. The Morgan fingerprint density at radius 1 is 1.45 bits per heavy atom. The second-order valence-electron chi connectivity index (χ2n) is 7.32. The number of likely N-dealkylation sites (tertiary alicyclic amines) is 1. The van der Waals surface area contributed by atoms with Crippen LogP contribution in [0.5, 0.6) is 5.75 Å². The maximum absolute atomic E-state index is 12.9. The number of hydrogen-bond donors (Lipinski definition) is 3. The van der Waals surface area contributed by atoms with Gasteiger partial charge in [-0.15, -0.1) is 6.42 Å². The second-order valence-corrected chi connectivity index (χ2v) is 8.97. The number of imide groups is 1. The number of methoxy groups -OCH3 is 1. The number of carbonyl (C=O) groups is 2. The van der Waals surface area contributed by atoms with Crippen LogP contribution in [0.2, 0.25) is 0 Å². The molecule has 1 fully saturated rings. The number of ether oxygens (including phenoxy) is 1. The lowest BCUT2D eigenvalue weighted by Crippen LogP contribution is -2.31. The molecule has 3 rings (SSSR count). The summed E-state index contributed by atoms with van der Waals surface area (Å²) in [5.41, 5.74) is 1.91. The van der Waals surface area contributed by atoms with Crippen molar-refractivity contribution in [1.29, 1.82) is 0 Å². The third-order valence-electron chi connectivity index (χ3n) is 5.25. The van der Waals surface area contributed by atoms with E-state index >= 15 is 0 Å². The zero-order valence-corrected chi connectivity index (χ0v) is 18.6. The number of terminal acetylenes is 1. The highest BCUT2D eigenvalue weighted by Gasteiger charge is 2.37. The molecule has 31 heavy (non-hydrogen) atoms. The van der Waals surface area contributed by atoms with Gasteiger partial charge in [0.15, 0.2) is 10.8 Å². The first kappa shape index (κ1) is 22.3. The molecule has 1 unspecified atom stereocenters. The summed E-state index contributed by atoms with van der Waals surface area (Å²) in [7, 11) is 0.656. The van der Waals surface area contributed by atoms with Gasteiger partial charge in [-0.1, -0.05) is 12.8 Å². The van der Waals surface area contributed by atoms with Gasteiger partial charge in [-0.05, 0) is 6.07 Å². The molecule has 1 saturated heterocycles. The molecule has 0 aliphatic carbocycles. The van der Waals surface area contributed by atoms with Gasteiger partial charge in [-0.3, -0.25) is 19.2 Å². The van der Waals surface area contributed by atoms with Crippen molar-refractivity contribution < 1.29 is 22.7 Å². The summed E-state index contributed by atoms with van der Waals surface area (Å²) in [6.45, 7) is 2.04. The van der Waals surface area contributed by atoms with Gasteiger partial charge in [-0.2, -0.15) is 8.42 Å². The lowest BCUT2D eigenvalue weighted by molar-refractivity contribution is -0.139. The van der Waals surface area contributed by atoms with Gasteiger partial charge >= 0.3 is 0 Å². The van der Waals surface area contributed by atoms with Crippen LogP contribution in [0.15, 0.2) is 17.2 Å². The summed E-state index contributed by atoms with van der Waals surface area (Å²) in [5, 5.41) is 5.56. The molecule has 10 nitrogen and oxygen atoms in total. The van der Waals surface area contributed by atoms with E-state index < -0.39 is 15.9 Å². The number of anilines is 3. The lowest BCUT2D eigenvalue weighted by Gasteiger charge is -2.23. The van der Waals surface area contributed by atoms with Crippen molar-refractivity contribution in [2.45, 2.75) is 19.9 Å². The molecule has 1 aromatic carbocycles. The summed E-state index contributed by atoms with van der Waals surface area (Å²) < 4.78 is 34.0. The van der Waals surface area contributed by atoms with Crippen LogP contribution in [0, 0.1) is 18.3 Å². The van der Waals surface area contributed by atoms with Crippen molar-refractivity contribution in [2.75, 3.05) is 42.8 Å². The Morgan fingerprint density at radius 3 is 2.71 bits per heavy atom. The van der Waals surface area contributed by atoms with Crippen LogP contribution in [-0.2, 0) is 26.2 Å². The van der Waals surface area contributed by atoms with Crippen LogP contribution in [0.4, 0.5) is 17.1 Å². The topological polar surface area (TPSA) is 120 Å². The molecule has 1 atom stereocenters. The maximum atomic E-state index is 12.9. The number of amides is 2. The van der Waals surface area contributed by atoms with Gasteiger partial charge in [0.25, 0.3) is 10.0 Å². The number of nitrogens with one attached hydrogen (secondary N) is 3. The average Bonchev–Trinajstić information content (AvgIpc) is 3.19. The minimum Gasteiger partial charge on any atom is -0.494 e. The molecule has 0 bridgehead atoms. The zero-order chi connectivity index (χ0) is 22.9. The fourth-order valence-corrected chi connectivity index (χ4v) is 4.72. The maximum Gasteiger partial charge on any atom is 0.277 e. The molecule has 0 saturated carbocycles. The van der Waals surface area contributed by atoms with Crippen molar-refractivity contribution in [3.05, 3.63) is 22.7 Å². The van der Waals surface area contributed by atoms with Gasteiger partial charge in [-0.25, -0.2) is 0 Å². The van der Waals surface area contributed by atoms with Gasteiger partial charge in [0.2, 0.25) is 11.8 Å². The molecule has 2 heterocycles. The van der Waals surface area contributed by atoms with E-state index in [4.69, 9.17) is 11.2 Å². The number of fused-ring (bicyclic) bond motifs is 1. The van der Waals surface area contributed by atoms with Crippen LogP contribution in [-0.4, -0.2) is 53.0 Å². The number of hydrogen-bond acceptors (Lipinski definition) is 8. The Hall–Kier alpha value is -3.39. The summed E-state index contributed by atoms with van der Waals surface area (Å²) in [4.78, 5) is 27.9. The largest absolute Gasteiger partial charge is 0.494 e. The Labute approximate surface area is 181 Å². The van der Waals surface area contributed by atoms with Crippen molar-refractivity contribution >= 4 is 38.9 Å². The van der Waals surface area contributed by atoms with Crippen molar-refractivity contribution in [1.82, 2.24) is 10.2 Å². The molecule has 0 spiro atoms. The third-order valence-corrected chi connectivity index (χ3v) is 6.64. The normalized spacial score (nSPS) is 18.5. The van der Waals surface area contributed by atoms with Crippen LogP contribution >= 0.6 is 0 Å². The highest BCUT2D eigenvalue weighted by molar-refractivity contribution is 7.96. The molecule has 2 aliphatic heterocycles. The molecule has 2 aliphatic rings. The predicted molar refractivity (Wildman–Crippen MR) is 118 cm³/mol. The van der Waals surface area contributed by atoms with Crippen LogP contribution in [0.25, 0.3) is 0 Å². The van der Waals surface area contributed by atoms with Crippen molar-refractivity contribution in [3.63, 3.8) is 0 Å². The SMILES string of the molecule is C#C/C=C(\NC)S(=O)(=O)Nc1cc2c(c(OC)c1CN1C(=O)CC(C)C1=O)NCN2C. The third kappa shape index (κ3) is 3.98. The van der Waals surface area contributed by atoms with E-state index in [-0.39, 0.29) is 35.5 Å². The standard InChI is InChI=1S/C20H25N5O5S/c1-6-7-16(21-3)31(28,29)23-14-9-15-18(22-11-24(15)4)19(30-5)13(14)10-25-17(26)8-12(2)20(25)27/h1,7,9,12,21-23H,8,10-11H2,2-5H3/b16-7+. The quantitative estimate of drug-likeness (QED) is 0.416. The van der Waals surface area contributed by atoms with Crippen LogP contribution in [0.3, 0.4) is 0 Å². The van der Waals surface area contributed by atoms with Crippen molar-refractivity contribution in [3.8, 4) is 18.1 Å². The van der Waals surface area contributed by atoms with Crippen LogP contribution in [0.1, 0.15) is 18.9 Å². The zero-order valence-electron chi connectivity index (χ0n) is 17.8. The van der Waals surface area contributed by atoms with Crippen LogP contribution < -0.4 is 25.0 Å². The van der Waals surface area contributed by atoms with E-state index in [1.807, 2.05) is 11.9 Å². The Bertz CT molecular complexity index is 1110. The molecule has 1 aromatic rings. The molecule has 11 heteroatoms. The molecule has 2 amide bonds. The summed E-state index contributed by atoms with van der Waals surface area (Å²) in [6.07, 6.45) is 6.45. The van der Waals surface area contributed by atoms with E-state index in [1.165, 1.54) is 14.2 Å². The predicted octanol–water partition coefficient (Wildman–Crippen LogP) is 0.845. The number of carbonyl (C=O) groups excluding carboxylic acids is 2. The molecular formula is C20H25N5O5S. The Kier molecular flexibility index (Phi) is 6.03. The Morgan fingerprint density at radius 2 is 2.16 bits per heavy atom. The highest BCUT2D eigenvalue weighted by atomic mass is 32.2. The van der Waals surface area contributed by atoms with Gasteiger partial charge in [0.05, 0.1) is 31.7 Å². The first-order chi connectivity index (χ1) is 14.6. The molecule has 0 radical (unpaired) electrons. The van der Waals surface area contributed by atoms with Gasteiger partial charge < -0.3 is 20.3 Å². The van der Waals surface area contributed by atoms with E-state index in [1.54, 1.807) is 13.0 Å². The van der Waals surface area contributed by atoms with Crippen molar-refractivity contribution in [2.24, 2.45) is 5.92 Å². The number of benzene rings is 1. The Balaban J connectivity index is 2.15. The van der Waals surface area contributed by atoms with E-state index in [2.05, 4.69) is 21.3 Å². The minimum atomic E-state index is -4.07. The monoisotopic (exact) mass is 447 g/mol. The highest BCUT2D eigenvalue weighted by Crippen LogP contribution is 2.46. The first-order valence-electron chi connectivity index (χ1n) is 9.54. The smallest absolute Gasteiger partial charge is 0.277 e. The lowest BCUT2D eigenvalue weighted by atomic mass is 10.1.